The third kappa shape index (κ3) is 4.08. The van der Waals surface area contributed by atoms with Gasteiger partial charge in [-0.05, 0) is 30.7 Å². The predicted octanol–water partition coefficient (Wildman–Crippen LogP) is 2.00. The molecule has 1 aromatic carbocycles. The molecule has 4 heteroatoms. The van der Waals surface area contributed by atoms with Crippen LogP contribution in [0.2, 0.25) is 5.02 Å². The van der Waals surface area contributed by atoms with Crippen LogP contribution in [0.5, 0.6) is 5.75 Å². The first-order valence-corrected chi connectivity index (χ1v) is 5.14. The fraction of sp³-hybridized carbons (Fsp3) is 0.455. The first-order chi connectivity index (χ1) is 7.13. The molecule has 1 aromatic rings. The predicted molar refractivity (Wildman–Crippen MR) is 61.5 cm³/mol. The summed E-state index contributed by atoms with van der Waals surface area (Å²) in [5.41, 5.74) is 6.72. The van der Waals surface area contributed by atoms with Crippen molar-refractivity contribution in [3.63, 3.8) is 0 Å². The Balaban J connectivity index is 2.47. The van der Waals surface area contributed by atoms with Gasteiger partial charge in [0, 0.05) is 12.1 Å². The van der Waals surface area contributed by atoms with E-state index in [2.05, 4.69) is 0 Å². The van der Waals surface area contributed by atoms with E-state index in [0.717, 1.165) is 16.3 Å². The minimum atomic E-state index is -0.106. The lowest BCUT2D eigenvalue weighted by Gasteiger charge is -2.12. The van der Waals surface area contributed by atoms with E-state index in [1.807, 2.05) is 25.1 Å². The van der Waals surface area contributed by atoms with E-state index in [1.54, 1.807) is 7.11 Å². The molecule has 2 N–H and O–H groups in total. The van der Waals surface area contributed by atoms with Crippen molar-refractivity contribution >= 4 is 11.6 Å². The van der Waals surface area contributed by atoms with Gasteiger partial charge >= 0.3 is 0 Å². The van der Waals surface area contributed by atoms with Gasteiger partial charge in [0.25, 0.3) is 0 Å². The second kappa shape index (κ2) is 5.95. The van der Waals surface area contributed by atoms with Gasteiger partial charge in [0.1, 0.15) is 12.4 Å². The van der Waals surface area contributed by atoms with E-state index in [-0.39, 0.29) is 6.04 Å². The van der Waals surface area contributed by atoms with Gasteiger partial charge < -0.3 is 15.2 Å². The Bertz CT molecular complexity index is 317. The third-order valence-corrected chi connectivity index (χ3v) is 2.40. The lowest BCUT2D eigenvalue weighted by atomic mass is 10.2. The Morgan fingerprint density at radius 1 is 1.40 bits per heavy atom. The molecule has 1 rings (SSSR count). The second-order valence-electron chi connectivity index (χ2n) is 3.44. The van der Waals surface area contributed by atoms with Crippen LogP contribution in [-0.4, -0.2) is 26.4 Å². The maximum atomic E-state index is 5.89. The van der Waals surface area contributed by atoms with Crippen molar-refractivity contribution in [1.82, 2.24) is 0 Å². The number of rotatable bonds is 5. The summed E-state index contributed by atoms with van der Waals surface area (Å²) in [5.74, 6) is 0.781. The van der Waals surface area contributed by atoms with Crippen LogP contribution in [0, 0.1) is 6.92 Å². The summed E-state index contributed by atoms with van der Waals surface area (Å²) in [5, 5.41) is 0.739. The Hall–Kier alpha value is -0.770. The number of aryl methyl sites for hydroxylation is 1. The molecule has 0 bridgehead atoms. The zero-order valence-corrected chi connectivity index (χ0v) is 9.75. The molecule has 0 aliphatic rings. The molecule has 0 aliphatic carbocycles. The van der Waals surface area contributed by atoms with Crippen LogP contribution < -0.4 is 10.5 Å². The minimum absolute atomic E-state index is 0.106. The average molecular weight is 230 g/mol. The van der Waals surface area contributed by atoms with E-state index in [1.165, 1.54) is 0 Å². The van der Waals surface area contributed by atoms with Gasteiger partial charge in [-0.15, -0.1) is 0 Å². The summed E-state index contributed by atoms with van der Waals surface area (Å²) in [6.45, 7) is 2.87. The SMILES string of the molecule is COCC(N)COc1ccc(Cl)c(C)c1. The Morgan fingerprint density at radius 3 is 2.73 bits per heavy atom. The molecule has 0 aromatic heterocycles. The molecule has 0 aliphatic heterocycles. The van der Waals surface area contributed by atoms with Crippen molar-refractivity contribution in [2.45, 2.75) is 13.0 Å². The van der Waals surface area contributed by atoms with Gasteiger partial charge in [0.2, 0.25) is 0 Å². The fourth-order valence-corrected chi connectivity index (χ4v) is 1.29. The van der Waals surface area contributed by atoms with Crippen molar-refractivity contribution < 1.29 is 9.47 Å². The summed E-state index contributed by atoms with van der Waals surface area (Å²) in [7, 11) is 1.62. The molecule has 15 heavy (non-hydrogen) atoms. The number of nitrogens with two attached hydrogens (primary N) is 1. The molecule has 3 nitrogen and oxygen atoms in total. The smallest absolute Gasteiger partial charge is 0.119 e. The van der Waals surface area contributed by atoms with E-state index in [9.17, 15) is 0 Å². The molecule has 0 saturated heterocycles. The van der Waals surface area contributed by atoms with E-state index >= 15 is 0 Å². The molecule has 0 radical (unpaired) electrons. The maximum absolute atomic E-state index is 5.89. The van der Waals surface area contributed by atoms with Gasteiger partial charge in [-0.2, -0.15) is 0 Å². The Kier molecular flexibility index (Phi) is 4.88. The van der Waals surface area contributed by atoms with Crippen molar-refractivity contribution in [2.75, 3.05) is 20.3 Å². The lowest BCUT2D eigenvalue weighted by Crippen LogP contribution is -2.32. The van der Waals surface area contributed by atoms with Crippen LogP contribution in [0.4, 0.5) is 0 Å². The molecule has 84 valence electrons. The van der Waals surface area contributed by atoms with Crippen LogP contribution >= 0.6 is 11.6 Å². The lowest BCUT2D eigenvalue weighted by molar-refractivity contribution is 0.152. The summed E-state index contributed by atoms with van der Waals surface area (Å²) in [6.07, 6.45) is 0. The van der Waals surface area contributed by atoms with E-state index < -0.39 is 0 Å². The number of methoxy groups -OCH3 is 1. The van der Waals surface area contributed by atoms with Crippen molar-refractivity contribution in [3.8, 4) is 5.75 Å². The van der Waals surface area contributed by atoms with Gasteiger partial charge in [0.05, 0.1) is 12.6 Å². The van der Waals surface area contributed by atoms with Crippen LogP contribution in [0.25, 0.3) is 0 Å². The quantitative estimate of drug-likeness (QED) is 0.840. The summed E-state index contributed by atoms with van der Waals surface area (Å²) in [4.78, 5) is 0. The van der Waals surface area contributed by atoms with Crippen molar-refractivity contribution in [3.05, 3.63) is 28.8 Å². The number of hydrogen-bond donors (Lipinski definition) is 1. The standard InChI is InChI=1S/C11H16ClNO2/c1-8-5-10(3-4-11(8)12)15-7-9(13)6-14-2/h3-5,9H,6-7,13H2,1-2H3. The first-order valence-electron chi connectivity index (χ1n) is 4.77. The average Bonchev–Trinajstić information content (AvgIpc) is 2.20. The highest BCUT2D eigenvalue weighted by molar-refractivity contribution is 6.31. The summed E-state index contributed by atoms with van der Waals surface area (Å²) < 4.78 is 10.4. The van der Waals surface area contributed by atoms with Crippen LogP contribution in [0.1, 0.15) is 5.56 Å². The maximum Gasteiger partial charge on any atom is 0.119 e. The van der Waals surface area contributed by atoms with Crippen molar-refractivity contribution in [1.29, 1.82) is 0 Å². The van der Waals surface area contributed by atoms with Gasteiger partial charge in [-0.3, -0.25) is 0 Å². The molecule has 0 amide bonds. The first kappa shape index (κ1) is 12.3. The van der Waals surface area contributed by atoms with E-state index in [4.69, 9.17) is 26.8 Å². The highest BCUT2D eigenvalue weighted by Gasteiger charge is 2.03. The summed E-state index contributed by atoms with van der Waals surface area (Å²) >= 11 is 5.89. The highest BCUT2D eigenvalue weighted by Crippen LogP contribution is 2.20. The van der Waals surface area contributed by atoms with Gasteiger partial charge in [-0.1, -0.05) is 11.6 Å². The monoisotopic (exact) mass is 229 g/mol. The molecule has 0 spiro atoms. The molecule has 1 unspecified atom stereocenters. The van der Waals surface area contributed by atoms with Gasteiger partial charge in [-0.25, -0.2) is 0 Å². The minimum Gasteiger partial charge on any atom is -0.492 e. The van der Waals surface area contributed by atoms with Gasteiger partial charge in [0.15, 0.2) is 0 Å². The molecule has 1 atom stereocenters. The molecular formula is C11H16ClNO2. The Morgan fingerprint density at radius 2 is 2.13 bits per heavy atom. The topological polar surface area (TPSA) is 44.5 Å². The van der Waals surface area contributed by atoms with Crippen LogP contribution in [-0.2, 0) is 4.74 Å². The van der Waals surface area contributed by atoms with Crippen LogP contribution in [0.3, 0.4) is 0 Å². The number of halogens is 1. The third-order valence-electron chi connectivity index (χ3n) is 1.97. The zero-order valence-electron chi connectivity index (χ0n) is 9.00. The van der Waals surface area contributed by atoms with E-state index in [0.29, 0.717) is 13.2 Å². The normalized spacial score (nSPS) is 12.5. The molecule has 0 fully saturated rings. The Labute approximate surface area is 95.1 Å². The molecule has 0 saturated carbocycles. The largest absolute Gasteiger partial charge is 0.492 e. The highest BCUT2D eigenvalue weighted by atomic mass is 35.5. The van der Waals surface area contributed by atoms with Crippen LogP contribution in [0.15, 0.2) is 18.2 Å². The summed E-state index contributed by atoms with van der Waals surface area (Å²) in [6, 6.07) is 5.43. The second-order valence-corrected chi connectivity index (χ2v) is 3.84. The number of benzene rings is 1. The van der Waals surface area contributed by atoms with Crippen molar-refractivity contribution in [2.24, 2.45) is 5.73 Å². The zero-order chi connectivity index (χ0) is 11.3. The number of hydrogen-bond acceptors (Lipinski definition) is 3. The number of ether oxygens (including phenoxy) is 2. The molecule has 0 heterocycles. The molecular weight excluding hydrogens is 214 g/mol. The fourth-order valence-electron chi connectivity index (χ4n) is 1.17.